The van der Waals surface area contributed by atoms with Gasteiger partial charge in [-0.25, -0.2) is 0 Å². The molecule has 0 saturated heterocycles. The normalized spacial score (nSPS) is 4.80. The average molecular weight is 287 g/mol. The summed E-state index contributed by atoms with van der Waals surface area (Å²) in [6, 6.07) is 0. The van der Waals surface area contributed by atoms with Crippen molar-refractivity contribution >= 4 is 5.90 Å². The van der Waals surface area contributed by atoms with Gasteiger partial charge in [-0.1, -0.05) is 0 Å². The fraction of sp³-hybridized carbons (Fsp3) is 0. The number of hydrogen-bond acceptors (Lipinski definition) is 5. The molecule has 0 aromatic carbocycles. The zero-order chi connectivity index (χ0) is 5.98. The first-order chi connectivity index (χ1) is 3.80. The van der Waals surface area contributed by atoms with Crippen molar-refractivity contribution in [3.05, 3.63) is 36.6 Å². The van der Waals surface area contributed by atoms with Gasteiger partial charge in [0.2, 0.25) is 5.82 Å². The van der Waals surface area contributed by atoms with E-state index in [2.05, 4.69) is 20.6 Å². The minimum atomic E-state index is -0.932. The van der Waals surface area contributed by atoms with Crippen LogP contribution in [0.3, 0.4) is 0 Å². The van der Waals surface area contributed by atoms with E-state index in [-0.39, 0.29) is 65.8 Å². The van der Waals surface area contributed by atoms with Gasteiger partial charge in [0.25, 0.3) is 0 Å². The van der Waals surface area contributed by atoms with Crippen LogP contribution in [0.1, 0.15) is 5.82 Å². The molecule has 0 aliphatic heterocycles. The minimum absolute atomic E-state index is 0. The molecule has 0 unspecified atom stereocenters. The first-order valence-corrected chi connectivity index (χ1v) is 1.80. The number of aromatic amines is 1. The quantitative estimate of drug-likeness (QED) is 0.458. The van der Waals surface area contributed by atoms with Crippen molar-refractivity contribution < 1.29 is 34.3 Å². The van der Waals surface area contributed by atoms with E-state index in [0.29, 0.717) is 0 Å². The monoisotopic (exact) mass is 286 g/mol. The minimum Gasteiger partial charge on any atom is -1.00 e. The zero-order valence-corrected chi connectivity index (χ0v) is 9.14. The SMILES string of the molecule is N=C([O-])c1nn[nH]n1.[Cl-].[Co+3].[NH2-].[NH2-].[NH2-].[NH2-].[NH2-]. The molecule has 0 aliphatic carbocycles. The third-order valence-corrected chi connectivity index (χ3v) is 0.548. The Hall–Kier alpha value is -0.864. The van der Waals surface area contributed by atoms with Crippen LogP contribution in [0.15, 0.2) is 0 Å². The maximum Gasteiger partial charge on any atom is 3.00 e. The van der Waals surface area contributed by atoms with Crippen LogP contribution in [0.5, 0.6) is 0 Å². The summed E-state index contributed by atoms with van der Waals surface area (Å²) in [6.45, 7) is 0. The van der Waals surface area contributed by atoms with Gasteiger partial charge in [0.1, 0.15) is 0 Å². The Morgan fingerprint density at radius 3 is 1.67 bits per heavy atom. The Balaban J connectivity index is -0.0000000183. The molecule has 0 amide bonds. The summed E-state index contributed by atoms with van der Waals surface area (Å²) < 4.78 is 0. The average Bonchev–Trinajstić information content (AvgIpc) is 2.12. The molecule has 0 radical (unpaired) electrons. The molecule has 0 aliphatic rings. The molecule has 1 aromatic heterocycles. The van der Waals surface area contributed by atoms with Crippen molar-refractivity contribution in [2.45, 2.75) is 0 Å². The van der Waals surface area contributed by atoms with E-state index in [9.17, 15) is 5.11 Å². The van der Waals surface area contributed by atoms with E-state index in [0.717, 1.165) is 0 Å². The first kappa shape index (κ1) is 47.9. The number of tetrazole rings is 1. The van der Waals surface area contributed by atoms with E-state index < -0.39 is 5.90 Å². The van der Waals surface area contributed by atoms with Gasteiger partial charge in [-0.05, 0) is 5.21 Å². The van der Waals surface area contributed by atoms with Gasteiger partial charge in [0, 0.05) is 5.90 Å². The van der Waals surface area contributed by atoms with Crippen molar-refractivity contribution in [1.29, 1.82) is 5.41 Å². The molecule has 1 heterocycles. The number of nitrogens with two attached hydrogens (primary N) is 5. The number of aromatic nitrogens is 4. The van der Waals surface area contributed by atoms with Crippen LogP contribution in [0, 0.1) is 5.41 Å². The maximum absolute atomic E-state index is 9.99. The Kier molecular flexibility index (Phi) is 74.0. The molecule has 15 heavy (non-hydrogen) atoms. The predicted octanol–water partition coefficient (Wildman–Crippen LogP) is -1.53. The van der Waals surface area contributed by atoms with E-state index >= 15 is 0 Å². The van der Waals surface area contributed by atoms with Crippen molar-refractivity contribution in [1.82, 2.24) is 20.6 Å². The topological polar surface area (TPSA) is 269 Å². The Bertz CT molecular complexity index is 191. The van der Waals surface area contributed by atoms with Crippen LogP contribution >= 0.6 is 0 Å². The fourth-order valence-electron chi connectivity index (χ4n) is 0.258. The molecule has 0 atom stereocenters. The van der Waals surface area contributed by atoms with Gasteiger partial charge in [-0.3, -0.25) is 0 Å². The molecular formula is C2H12ClCoN10O-4. The van der Waals surface area contributed by atoms with E-state index in [1.54, 1.807) is 0 Å². The van der Waals surface area contributed by atoms with Crippen molar-refractivity contribution in [3.8, 4) is 0 Å². The van der Waals surface area contributed by atoms with Gasteiger partial charge in [-0.2, -0.15) is 5.21 Å². The molecule has 12 N–H and O–H groups in total. The summed E-state index contributed by atoms with van der Waals surface area (Å²) in [5.74, 6) is -1.14. The van der Waals surface area contributed by atoms with Crippen LogP contribution in [-0.2, 0) is 16.8 Å². The first-order valence-electron chi connectivity index (χ1n) is 1.80. The number of rotatable bonds is 1. The van der Waals surface area contributed by atoms with E-state index in [1.165, 1.54) is 0 Å². The molecule has 1 rings (SSSR count). The standard InChI is InChI=1S/C2H3N5O.ClH.Co.5H2N/c3-1(8)2-4-6-7-5-2;;;;;;;/h(H2,3,8)(H,4,5,6,7);1H;;5*1H2/q;;+3;5*-1/p-2. The van der Waals surface area contributed by atoms with Crippen molar-refractivity contribution in [3.63, 3.8) is 0 Å². The molecule has 13 heteroatoms. The van der Waals surface area contributed by atoms with E-state index in [1.807, 2.05) is 0 Å². The molecular weight excluding hydrogens is 274 g/mol. The van der Waals surface area contributed by atoms with Crippen LogP contribution in [0.4, 0.5) is 0 Å². The second kappa shape index (κ2) is 23.2. The van der Waals surface area contributed by atoms with Gasteiger partial charge in [0.05, 0.1) is 0 Å². The van der Waals surface area contributed by atoms with Gasteiger partial charge in [0.15, 0.2) is 0 Å². The Morgan fingerprint density at radius 1 is 1.13 bits per heavy atom. The molecule has 96 valence electrons. The van der Waals surface area contributed by atoms with Crippen LogP contribution in [0.2, 0.25) is 0 Å². The predicted molar refractivity (Wildman–Crippen MR) is 47.4 cm³/mol. The smallest absolute Gasteiger partial charge is 1.00 e. The third-order valence-electron chi connectivity index (χ3n) is 0.548. The summed E-state index contributed by atoms with van der Waals surface area (Å²) >= 11 is 0. The Morgan fingerprint density at radius 2 is 1.53 bits per heavy atom. The van der Waals surface area contributed by atoms with Crippen LogP contribution in [-0.4, -0.2) is 26.5 Å². The van der Waals surface area contributed by atoms with Crippen LogP contribution in [0.25, 0.3) is 30.8 Å². The number of nitrogens with one attached hydrogen (secondary N) is 2. The Labute approximate surface area is 103 Å². The molecule has 1 aromatic rings. The molecule has 0 spiro atoms. The summed E-state index contributed by atoms with van der Waals surface area (Å²) in [7, 11) is 0. The number of halogens is 1. The van der Waals surface area contributed by atoms with E-state index in [4.69, 9.17) is 5.41 Å². The number of nitrogens with zero attached hydrogens (tertiary/aromatic N) is 3. The second-order valence-corrected chi connectivity index (χ2v) is 1.06. The summed E-state index contributed by atoms with van der Waals surface area (Å²) in [5.41, 5.74) is 0. The number of hydrogen-bond donors (Lipinski definition) is 2. The third kappa shape index (κ3) is 15.9. The van der Waals surface area contributed by atoms with Crippen molar-refractivity contribution in [2.75, 3.05) is 0 Å². The maximum atomic E-state index is 9.99. The summed E-state index contributed by atoms with van der Waals surface area (Å²) in [5, 5.41) is 28.0. The molecule has 0 bridgehead atoms. The zero-order valence-electron chi connectivity index (χ0n) is 7.35. The van der Waals surface area contributed by atoms with Gasteiger partial charge < -0.3 is 53.7 Å². The van der Waals surface area contributed by atoms with Gasteiger partial charge in [-0.15, -0.1) is 10.2 Å². The summed E-state index contributed by atoms with van der Waals surface area (Å²) in [4.78, 5) is 0. The number of H-pyrrole nitrogens is 1. The largest absolute Gasteiger partial charge is 3.00 e. The summed E-state index contributed by atoms with van der Waals surface area (Å²) in [6.07, 6.45) is 0. The molecule has 0 saturated carbocycles. The van der Waals surface area contributed by atoms with Crippen LogP contribution < -0.4 is 17.5 Å². The molecule has 0 fully saturated rings. The van der Waals surface area contributed by atoms with Gasteiger partial charge >= 0.3 is 16.8 Å². The second-order valence-electron chi connectivity index (χ2n) is 1.06. The van der Waals surface area contributed by atoms with Crippen molar-refractivity contribution in [2.24, 2.45) is 0 Å². The fourth-order valence-corrected chi connectivity index (χ4v) is 0.258. The molecule has 11 nitrogen and oxygen atoms in total.